The summed E-state index contributed by atoms with van der Waals surface area (Å²) in [6.45, 7) is 12.4. The van der Waals surface area contributed by atoms with Gasteiger partial charge < -0.3 is 19.6 Å². The maximum absolute atomic E-state index is 14.0. The van der Waals surface area contributed by atoms with E-state index in [-0.39, 0.29) is 42.2 Å². The van der Waals surface area contributed by atoms with Gasteiger partial charge in [-0.05, 0) is 49.9 Å². The van der Waals surface area contributed by atoms with Crippen LogP contribution in [0, 0.1) is 5.41 Å². The standard InChI is InChI=1S/C33H45N7O3S.H2/c1-33(2,3)13-17-39-30(42)27(44-31(39)24-8-5-6-9-25(24)37-20-18-36(4)19-21-37)22-28(41)38-15-11-23(12-16-38)40-26-10-7-14-34-29(26)35-32(40)43;/h5-10,14,23,27,31H,11-13,15-22H2,1-4H3,(H,34,35,43);1H/t27?,31-;/m0./s1. The number of likely N-dealkylation sites (N-methyl/N-ethyl adjacent to an activating group) is 1. The summed E-state index contributed by atoms with van der Waals surface area (Å²) >= 11 is 1.64. The van der Waals surface area contributed by atoms with Crippen LogP contribution in [0.15, 0.2) is 47.4 Å². The van der Waals surface area contributed by atoms with E-state index in [4.69, 9.17) is 0 Å². The number of hydrogen-bond donors (Lipinski definition) is 1. The number of H-pyrrole nitrogens is 1. The maximum Gasteiger partial charge on any atom is 0.327 e. The van der Waals surface area contributed by atoms with Crippen LogP contribution >= 0.6 is 11.8 Å². The first-order chi connectivity index (χ1) is 21.1. The molecule has 0 aliphatic carbocycles. The molecule has 1 N–H and O–H groups in total. The second-order valence-electron chi connectivity index (χ2n) is 13.7. The van der Waals surface area contributed by atoms with Crippen molar-refractivity contribution in [2.45, 2.75) is 63.1 Å². The van der Waals surface area contributed by atoms with Gasteiger partial charge in [-0.25, -0.2) is 9.78 Å². The van der Waals surface area contributed by atoms with Gasteiger partial charge in [0.25, 0.3) is 0 Å². The Bertz CT molecular complexity index is 1550. The summed E-state index contributed by atoms with van der Waals surface area (Å²) in [5.41, 5.74) is 3.69. The average Bonchev–Trinajstić information content (AvgIpc) is 3.51. The highest BCUT2D eigenvalue weighted by atomic mass is 32.2. The largest absolute Gasteiger partial charge is 0.369 e. The highest BCUT2D eigenvalue weighted by molar-refractivity contribution is 8.01. The van der Waals surface area contributed by atoms with Crippen molar-refractivity contribution in [1.82, 2.24) is 29.2 Å². The molecular weight excluding hydrogens is 574 g/mol. The summed E-state index contributed by atoms with van der Waals surface area (Å²) in [4.78, 5) is 56.1. The number of anilines is 1. The Morgan fingerprint density at radius 3 is 2.48 bits per heavy atom. The van der Waals surface area contributed by atoms with Gasteiger partial charge in [0, 0.05) is 77.2 Å². The van der Waals surface area contributed by atoms with Crippen molar-refractivity contribution < 1.29 is 11.0 Å². The molecule has 3 aliphatic rings. The molecule has 11 heteroatoms. The number of rotatable bonds is 7. The third-order valence-corrected chi connectivity index (χ3v) is 10.8. The van der Waals surface area contributed by atoms with Crippen LogP contribution in [0.25, 0.3) is 11.2 Å². The van der Waals surface area contributed by atoms with E-state index in [2.05, 4.69) is 71.9 Å². The Hall–Kier alpha value is -3.31. The number of pyridine rings is 1. The van der Waals surface area contributed by atoms with Crippen molar-refractivity contribution in [3.05, 3.63) is 58.6 Å². The minimum absolute atomic E-state index is 0. The third-order valence-electron chi connectivity index (χ3n) is 9.32. The first-order valence-corrected chi connectivity index (χ1v) is 16.8. The summed E-state index contributed by atoms with van der Waals surface area (Å²) in [5.74, 6) is 0.0875. The van der Waals surface area contributed by atoms with Gasteiger partial charge >= 0.3 is 5.69 Å². The Morgan fingerprint density at radius 1 is 1.02 bits per heavy atom. The number of piperazine rings is 1. The minimum Gasteiger partial charge on any atom is -0.369 e. The van der Waals surface area contributed by atoms with Crippen LogP contribution in [0.1, 0.15) is 64.9 Å². The quantitative estimate of drug-likeness (QED) is 0.419. The number of benzene rings is 1. The Morgan fingerprint density at radius 2 is 1.75 bits per heavy atom. The third kappa shape index (κ3) is 6.40. The van der Waals surface area contributed by atoms with E-state index >= 15 is 0 Å². The van der Waals surface area contributed by atoms with Gasteiger partial charge in [0.15, 0.2) is 5.65 Å². The number of nitrogens with one attached hydrogen (secondary N) is 1. The zero-order chi connectivity index (χ0) is 31.0. The maximum atomic E-state index is 14.0. The van der Waals surface area contributed by atoms with E-state index in [0.717, 1.165) is 38.1 Å². The molecule has 2 atom stereocenters. The van der Waals surface area contributed by atoms with E-state index in [0.29, 0.717) is 38.1 Å². The molecule has 0 bridgehead atoms. The molecule has 0 saturated carbocycles. The molecule has 3 aromatic rings. The Labute approximate surface area is 265 Å². The van der Waals surface area contributed by atoms with Crippen molar-refractivity contribution >= 4 is 40.4 Å². The van der Waals surface area contributed by atoms with Crippen molar-refractivity contribution in [1.29, 1.82) is 0 Å². The number of hydrogen-bond acceptors (Lipinski definition) is 7. The average molecular weight is 622 g/mol. The zero-order valence-corrected chi connectivity index (χ0v) is 27.2. The number of aromatic nitrogens is 3. The number of thioether (sulfide) groups is 1. The predicted octanol–water partition coefficient (Wildman–Crippen LogP) is 4.36. The molecule has 2 amide bonds. The number of carbonyl (C=O) groups is 2. The first kappa shape index (κ1) is 30.7. The number of piperidine rings is 1. The van der Waals surface area contributed by atoms with Gasteiger partial charge in [0.05, 0.1) is 10.8 Å². The smallest absolute Gasteiger partial charge is 0.327 e. The van der Waals surface area contributed by atoms with Crippen molar-refractivity contribution in [2.24, 2.45) is 5.41 Å². The first-order valence-electron chi connectivity index (χ1n) is 15.9. The zero-order valence-electron chi connectivity index (χ0n) is 26.4. The van der Waals surface area contributed by atoms with Crippen LogP contribution in [0.3, 0.4) is 0 Å². The van der Waals surface area contributed by atoms with E-state index < -0.39 is 5.25 Å². The molecule has 3 fully saturated rings. The minimum atomic E-state index is -0.409. The van der Waals surface area contributed by atoms with E-state index in [1.165, 1.54) is 11.3 Å². The number of imidazole rings is 1. The number of carbonyl (C=O) groups excluding carboxylic acids is 2. The predicted molar refractivity (Wildman–Crippen MR) is 178 cm³/mol. The molecule has 0 spiro atoms. The van der Waals surface area contributed by atoms with E-state index in [1.54, 1.807) is 22.5 Å². The lowest BCUT2D eigenvalue weighted by atomic mass is 9.92. The van der Waals surface area contributed by atoms with Crippen molar-refractivity contribution in [2.75, 3.05) is 57.8 Å². The Balaban J connectivity index is 0.00000400. The fourth-order valence-electron chi connectivity index (χ4n) is 6.66. The number of aromatic amines is 1. The number of nitrogens with zero attached hydrogens (tertiary/aromatic N) is 6. The van der Waals surface area contributed by atoms with Gasteiger partial charge in [-0.3, -0.25) is 19.1 Å². The summed E-state index contributed by atoms with van der Waals surface area (Å²) in [6.07, 6.45) is 4.15. The molecule has 1 aromatic carbocycles. The topological polar surface area (TPSA) is 97.8 Å². The van der Waals surface area contributed by atoms with Crippen LogP contribution in [-0.4, -0.2) is 99.2 Å². The molecule has 6 rings (SSSR count). The van der Waals surface area contributed by atoms with Crippen LogP contribution in [0.4, 0.5) is 5.69 Å². The number of para-hydroxylation sites is 1. The summed E-state index contributed by atoms with van der Waals surface area (Å²) in [6, 6.07) is 12.3. The lowest BCUT2D eigenvalue weighted by molar-refractivity contribution is -0.136. The molecule has 2 aromatic heterocycles. The monoisotopic (exact) mass is 621 g/mol. The second-order valence-corrected chi connectivity index (χ2v) is 14.9. The molecule has 3 saturated heterocycles. The number of likely N-dealkylation sites (tertiary alicyclic amines) is 1. The molecule has 5 heterocycles. The summed E-state index contributed by atoms with van der Waals surface area (Å²) < 4.78 is 1.79. The van der Waals surface area contributed by atoms with Crippen LogP contribution in [-0.2, 0) is 9.59 Å². The van der Waals surface area contributed by atoms with Crippen LogP contribution in [0.2, 0.25) is 0 Å². The van der Waals surface area contributed by atoms with Crippen molar-refractivity contribution in [3.63, 3.8) is 0 Å². The van der Waals surface area contributed by atoms with Gasteiger partial charge in [-0.15, -0.1) is 11.8 Å². The fourth-order valence-corrected chi connectivity index (χ4v) is 8.17. The SMILES string of the molecule is CN1CCN(c2ccccc2[C@@H]2SC(CC(=O)N3CCC(n4c(=O)[nH]c5ncccc54)CC3)C(=O)N2CCC(C)(C)C)CC1.[HH]. The molecule has 3 aliphatic heterocycles. The number of amides is 2. The van der Waals surface area contributed by atoms with Crippen LogP contribution in [0.5, 0.6) is 0 Å². The van der Waals surface area contributed by atoms with E-state index in [1.807, 2.05) is 21.9 Å². The normalized spacial score (nSPS) is 22.4. The van der Waals surface area contributed by atoms with Gasteiger partial charge in [-0.1, -0.05) is 39.0 Å². The van der Waals surface area contributed by atoms with Gasteiger partial charge in [-0.2, -0.15) is 0 Å². The molecular formula is C33H47N7O3S. The fraction of sp³-hybridized carbons (Fsp3) is 0.576. The van der Waals surface area contributed by atoms with E-state index in [9.17, 15) is 14.4 Å². The molecule has 10 nitrogen and oxygen atoms in total. The molecule has 238 valence electrons. The van der Waals surface area contributed by atoms with Gasteiger partial charge in [0.2, 0.25) is 11.8 Å². The lowest BCUT2D eigenvalue weighted by Crippen LogP contribution is -2.45. The van der Waals surface area contributed by atoms with Gasteiger partial charge in [0.1, 0.15) is 5.37 Å². The highest BCUT2D eigenvalue weighted by Gasteiger charge is 2.44. The lowest BCUT2D eigenvalue weighted by Gasteiger charge is -2.37. The molecule has 44 heavy (non-hydrogen) atoms. The molecule has 0 radical (unpaired) electrons. The molecule has 1 unspecified atom stereocenters. The van der Waals surface area contributed by atoms with Crippen LogP contribution < -0.4 is 10.6 Å². The van der Waals surface area contributed by atoms with Crippen molar-refractivity contribution in [3.8, 4) is 0 Å². The Kier molecular flexibility index (Phi) is 8.79. The number of fused-ring (bicyclic) bond motifs is 1. The summed E-state index contributed by atoms with van der Waals surface area (Å²) in [5, 5.41) is -0.528. The summed E-state index contributed by atoms with van der Waals surface area (Å²) in [7, 11) is 2.16. The highest BCUT2D eigenvalue weighted by Crippen LogP contribution is 2.48. The second kappa shape index (κ2) is 12.6.